The Morgan fingerprint density at radius 3 is 2.06 bits per heavy atom. The summed E-state index contributed by atoms with van der Waals surface area (Å²) in [7, 11) is 5.39. The second kappa shape index (κ2) is 6.89. The van der Waals surface area contributed by atoms with Crippen LogP contribution < -0.4 is 5.32 Å². The summed E-state index contributed by atoms with van der Waals surface area (Å²) in [5.74, 6) is 0. The predicted molar refractivity (Wildman–Crippen MR) is 77.8 cm³/mol. The number of benzene rings is 1. The predicted octanol–water partition coefficient (Wildman–Crippen LogP) is 3.18. The van der Waals surface area contributed by atoms with Crippen LogP contribution in [0.5, 0.6) is 0 Å². The highest BCUT2D eigenvalue weighted by molar-refractivity contribution is 8.15. The van der Waals surface area contributed by atoms with Gasteiger partial charge in [-0.3, -0.25) is 0 Å². The topological polar surface area (TPSA) is 46.2 Å². The first-order valence-electron chi connectivity index (χ1n) is 5.17. The van der Waals surface area contributed by atoms with Gasteiger partial charge in [-0.1, -0.05) is 30.3 Å². The van der Waals surface area contributed by atoms with E-state index in [1.54, 1.807) is 6.07 Å². The minimum atomic E-state index is -3.60. The van der Waals surface area contributed by atoms with Gasteiger partial charge in [0.1, 0.15) is 4.21 Å². The lowest BCUT2D eigenvalue weighted by atomic mass is 10.2. The zero-order valence-electron chi connectivity index (χ0n) is 10.1. The van der Waals surface area contributed by atoms with Crippen LogP contribution in [0.3, 0.4) is 0 Å². The van der Waals surface area contributed by atoms with Crippen molar-refractivity contribution in [3.8, 4) is 10.4 Å². The van der Waals surface area contributed by atoms with Crippen LogP contribution in [0.4, 0.5) is 0 Å². The Hall–Kier alpha value is -0.880. The SMILES string of the molecule is CNC.O=S(=O)(Cl)c1ccc(-c2ccccc2)s1. The molecule has 1 heterocycles. The fraction of sp³-hybridized carbons (Fsp3) is 0.167. The van der Waals surface area contributed by atoms with Crippen molar-refractivity contribution in [2.75, 3.05) is 14.1 Å². The van der Waals surface area contributed by atoms with Gasteiger partial charge in [0.2, 0.25) is 0 Å². The molecule has 0 fully saturated rings. The van der Waals surface area contributed by atoms with Crippen LogP contribution >= 0.6 is 22.0 Å². The smallest absolute Gasteiger partial charge is 0.270 e. The van der Waals surface area contributed by atoms with Crippen LogP contribution in [-0.4, -0.2) is 22.5 Å². The summed E-state index contributed by atoms with van der Waals surface area (Å²) in [5.41, 5.74) is 0.995. The number of thiophene rings is 1. The quantitative estimate of drug-likeness (QED) is 0.867. The van der Waals surface area contributed by atoms with E-state index in [4.69, 9.17) is 10.7 Å². The standard InChI is InChI=1S/C10H7ClO2S2.C2H7N/c11-15(12,13)10-7-6-9(14-10)8-4-2-1-3-5-8;1-3-2/h1-7H;3H,1-2H3. The molecule has 2 rings (SSSR count). The van der Waals surface area contributed by atoms with Crippen LogP contribution in [0.15, 0.2) is 46.7 Å². The Kier molecular flexibility index (Phi) is 5.81. The van der Waals surface area contributed by atoms with Gasteiger partial charge in [-0.05, 0) is 31.8 Å². The second-order valence-electron chi connectivity index (χ2n) is 3.42. The molecule has 0 saturated carbocycles. The van der Waals surface area contributed by atoms with Crippen molar-refractivity contribution in [3.05, 3.63) is 42.5 Å². The average molecular weight is 304 g/mol. The van der Waals surface area contributed by atoms with Gasteiger partial charge in [-0.2, -0.15) is 0 Å². The van der Waals surface area contributed by atoms with E-state index < -0.39 is 9.05 Å². The molecule has 0 spiro atoms. The maximum atomic E-state index is 11.1. The van der Waals surface area contributed by atoms with Gasteiger partial charge in [-0.25, -0.2) is 8.42 Å². The fourth-order valence-corrected chi connectivity index (χ4v) is 3.29. The molecule has 0 unspecified atom stereocenters. The summed E-state index contributed by atoms with van der Waals surface area (Å²) in [6.45, 7) is 0. The Bertz CT molecular complexity index is 579. The van der Waals surface area contributed by atoms with E-state index in [2.05, 4.69) is 5.32 Å². The molecule has 0 aliphatic carbocycles. The van der Waals surface area contributed by atoms with E-state index in [1.807, 2.05) is 44.4 Å². The second-order valence-corrected chi connectivity index (χ2v) is 7.30. The third-order valence-electron chi connectivity index (χ3n) is 1.88. The van der Waals surface area contributed by atoms with Gasteiger partial charge >= 0.3 is 0 Å². The molecule has 3 nitrogen and oxygen atoms in total. The molecule has 18 heavy (non-hydrogen) atoms. The lowest BCUT2D eigenvalue weighted by Gasteiger charge is -1.94. The molecule has 0 atom stereocenters. The van der Waals surface area contributed by atoms with E-state index in [-0.39, 0.29) is 4.21 Å². The molecule has 0 amide bonds. The first-order chi connectivity index (χ1) is 8.49. The summed E-state index contributed by atoms with van der Waals surface area (Å²) in [6.07, 6.45) is 0. The van der Waals surface area contributed by atoms with E-state index >= 15 is 0 Å². The van der Waals surface area contributed by atoms with Gasteiger partial charge in [0, 0.05) is 15.6 Å². The van der Waals surface area contributed by atoms with Crippen molar-refractivity contribution < 1.29 is 8.42 Å². The van der Waals surface area contributed by atoms with E-state index in [0.717, 1.165) is 10.4 Å². The van der Waals surface area contributed by atoms with Gasteiger partial charge in [0.15, 0.2) is 0 Å². The molecule has 0 saturated heterocycles. The first-order valence-corrected chi connectivity index (χ1v) is 8.30. The molecule has 1 N–H and O–H groups in total. The van der Waals surface area contributed by atoms with E-state index in [9.17, 15) is 8.42 Å². The number of rotatable bonds is 2. The molecular formula is C12H14ClNO2S2. The lowest BCUT2D eigenvalue weighted by molar-refractivity contribution is 0.611. The van der Waals surface area contributed by atoms with Crippen molar-refractivity contribution in [3.63, 3.8) is 0 Å². The molecule has 0 aliphatic heterocycles. The van der Waals surface area contributed by atoms with Crippen molar-refractivity contribution in [2.24, 2.45) is 0 Å². The number of hydrogen-bond donors (Lipinski definition) is 1. The zero-order valence-corrected chi connectivity index (χ0v) is 12.4. The normalized spacial score (nSPS) is 10.6. The minimum absolute atomic E-state index is 0.183. The third kappa shape index (κ3) is 4.42. The first kappa shape index (κ1) is 15.2. The largest absolute Gasteiger partial charge is 0.323 e. The Balaban J connectivity index is 0.000000492. The third-order valence-corrected chi connectivity index (χ3v) is 5.11. The molecule has 1 aromatic carbocycles. The molecule has 98 valence electrons. The molecular weight excluding hydrogens is 290 g/mol. The summed E-state index contributed by atoms with van der Waals surface area (Å²) in [5, 5.41) is 2.75. The Morgan fingerprint density at radius 2 is 1.61 bits per heavy atom. The van der Waals surface area contributed by atoms with Crippen molar-refractivity contribution in [2.45, 2.75) is 4.21 Å². The fourth-order valence-electron chi connectivity index (χ4n) is 1.21. The molecule has 6 heteroatoms. The molecule has 2 aromatic rings. The van der Waals surface area contributed by atoms with Crippen LogP contribution in [0.25, 0.3) is 10.4 Å². The Labute approximate surface area is 116 Å². The summed E-state index contributed by atoms with van der Waals surface area (Å²) < 4.78 is 22.3. The van der Waals surface area contributed by atoms with Crippen LogP contribution in [0, 0.1) is 0 Å². The van der Waals surface area contributed by atoms with E-state index in [1.165, 1.54) is 17.4 Å². The van der Waals surface area contributed by atoms with Crippen molar-refractivity contribution in [1.82, 2.24) is 5.32 Å². The molecule has 0 aliphatic rings. The highest BCUT2D eigenvalue weighted by atomic mass is 35.7. The summed E-state index contributed by atoms with van der Waals surface area (Å²) in [4.78, 5) is 0.898. The summed E-state index contributed by atoms with van der Waals surface area (Å²) in [6, 6.07) is 12.9. The zero-order chi connectivity index (χ0) is 13.6. The summed E-state index contributed by atoms with van der Waals surface area (Å²) >= 11 is 1.17. The van der Waals surface area contributed by atoms with Gasteiger partial charge < -0.3 is 5.32 Å². The number of halogens is 1. The van der Waals surface area contributed by atoms with Crippen LogP contribution in [0.2, 0.25) is 0 Å². The maximum Gasteiger partial charge on any atom is 0.270 e. The lowest BCUT2D eigenvalue weighted by Crippen LogP contribution is -1.89. The minimum Gasteiger partial charge on any atom is -0.323 e. The highest BCUT2D eigenvalue weighted by Crippen LogP contribution is 2.31. The monoisotopic (exact) mass is 303 g/mol. The molecule has 1 aromatic heterocycles. The van der Waals surface area contributed by atoms with Crippen molar-refractivity contribution >= 4 is 31.1 Å². The van der Waals surface area contributed by atoms with Crippen LogP contribution in [0.1, 0.15) is 0 Å². The molecule has 0 bridgehead atoms. The van der Waals surface area contributed by atoms with Crippen molar-refractivity contribution in [1.29, 1.82) is 0 Å². The maximum absolute atomic E-state index is 11.1. The number of nitrogens with one attached hydrogen (secondary N) is 1. The average Bonchev–Trinajstić information content (AvgIpc) is 2.80. The van der Waals surface area contributed by atoms with Gasteiger partial charge in [0.25, 0.3) is 9.05 Å². The van der Waals surface area contributed by atoms with Gasteiger partial charge in [0.05, 0.1) is 0 Å². The van der Waals surface area contributed by atoms with Gasteiger partial charge in [-0.15, -0.1) is 11.3 Å². The van der Waals surface area contributed by atoms with Crippen LogP contribution in [-0.2, 0) is 9.05 Å². The molecule has 0 radical (unpaired) electrons. The Morgan fingerprint density at radius 1 is 1.06 bits per heavy atom. The number of hydrogen-bond acceptors (Lipinski definition) is 4. The highest BCUT2D eigenvalue weighted by Gasteiger charge is 2.13. The van der Waals surface area contributed by atoms with E-state index in [0.29, 0.717) is 0 Å².